The van der Waals surface area contributed by atoms with E-state index in [2.05, 4.69) is 57.9 Å². The van der Waals surface area contributed by atoms with Crippen LogP contribution in [0.2, 0.25) is 0 Å². The smallest absolute Gasteiger partial charge is 0.196 e. The standard InChI is InChI=1S/C28H26N4OS/c1-17-9-5-8-12-25(17)32-27(23-15-29-24-11-7-6-10-21(23)24)30-31-28(32)34-16-26(33)22-14-19(3)18(2)13-20(22)4/h5-15,29H,16H2,1-4H3. The first-order valence-corrected chi connectivity index (χ1v) is 12.2. The summed E-state index contributed by atoms with van der Waals surface area (Å²) in [5.41, 5.74) is 8.25. The van der Waals surface area contributed by atoms with Gasteiger partial charge in [0.1, 0.15) is 0 Å². The van der Waals surface area contributed by atoms with Crippen LogP contribution in [0.1, 0.15) is 32.6 Å². The minimum atomic E-state index is 0.0959. The number of carbonyl (C=O) groups excluding carboxylic acids is 1. The Bertz CT molecular complexity index is 1530. The van der Waals surface area contributed by atoms with E-state index in [0.717, 1.165) is 50.2 Å². The van der Waals surface area contributed by atoms with Gasteiger partial charge in [0.15, 0.2) is 16.8 Å². The van der Waals surface area contributed by atoms with Crippen molar-refractivity contribution in [3.05, 3.63) is 94.7 Å². The Morgan fingerprint density at radius 3 is 2.44 bits per heavy atom. The van der Waals surface area contributed by atoms with Crippen LogP contribution in [-0.2, 0) is 0 Å². The number of aryl methyl sites for hydroxylation is 4. The minimum absolute atomic E-state index is 0.0959. The fraction of sp³-hybridized carbons (Fsp3) is 0.179. The predicted molar refractivity (Wildman–Crippen MR) is 139 cm³/mol. The molecule has 0 saturated heterocycles. The lowest BCUT2D eigenvalue weighted by molar-refractivity contribution is 0.102. The minimum Gasteiger partial charge on any atom is -0.360 e. The first-order valence-electron chi connectivity index (χ1n) is 11.3. The highest BCUT2D eigenvalue weighted by Gasteiger charge is 2.21. The Balaban J connectivity index is 1.55. The molecule has 5 nitrogen and oxygen atoms in total. The zero-order chi connectivity index (χ0) is 23.8. The molecule has 6 heteroatoms. The van der Waals surface area contributed by atoms with Gasteiger partial charge in [0.2, 0.25) is 0 Å². The van der Waals surface area contributed by atoms with E-state index >= 15 is 0 Å². The van der Waals surface area contributed by atoms with Crippen molar-refractivity contribution in [3.63, 3.8) is 0 Å². The predicted octanol–water partition coefficient (Wildman–Crippen LogP) is 6.62. The number of ketones is 1. The molecule has 0 bridgehead atoms. The summed E-state index contributed by atoms with van der Waals surface area (Å²) in [7, 11) is 0. The van der Waals surface area contributed by atoms with Crippen LogP contribution < -0.4 is 0 Å². The molecule has 0 unspecified atom stereocenters. The van der Waals surface area contributed by atoms with Crippen molar-refractivity contribution in [2.45, 2.75) is 32.9 Å². The number of nitrogens with zero attached hydrogens (tertiary/aromatic N) is 3. The Morgan fingerprint density at radius 2 is 1.62 bits per heavy atom. The number of hydrogen-bond donors (Lipinski definition) is 1. The van der Waals surface area contributed by atoms with Crippen LogP contribution in [-0.4, -0.2) is 31.3 Å². The van der Waals surface area contributed by atoms with E-state index < -0.39 is 0 Å². The van der Waals surface area contributed by atoms with Crippen molar-refractivity contribution in [1.82, 2.24) is 19.7 Å². The second kappa shape index (κ2) is 8.95. The molecule has 0 atom stereocenters. The van der Waals surface area contributed by atoms with Gasteiger partial charge in [0, 0.05) is 28.2 Å². The van der Waals surface area contributed by atoms with E-state index in [9.17, 15) is 4.79 Å². The van der Waals surface area contributed by atoms with E-state index in [-0.39, 0.29) is 5.78 Å². The van der Waals surface area contributed by atoms with E-state index in [1.54, 1.807) is 0 Å². The highest BCUT2D eigenvalue weighted by Crippen LogP contribution is 2.33. The van der Waals surface area contributed by atoms with E-state index in [4.69, 9.17) is 0 Å². The number of carbonyl (C=O) groups is 1. The SMILES string of the molecule is Cc1cc(C)c(C(=O)CSc2nnc(-c3c[nH]c4ccccc34)n2-c2ccccc2C)cc1C. The highest BCUT2D eigenvalue weighted by atomic mass is 32.2. The third-order valence-electron chi connectivity index (χ3n) is 6.29. The average molecular weight is 467 g/mol. The number of nitrogens with one attached hydrogen (secondary N) is 1. The van der Waals surface area contributed by atoms with Crippen LogP contribution in [0.4, 0.5) is 0 Å². The van der Waals surface area contributed by atoms with Crippen LogP contribution in [0.25, 0.3) is 28.0 Å². The third kappa shape index (κ3) is 3.94. The van der Waals surface area contributed by atoms with Crippen LogP contribution in [0.3, 0.4) is 0 Å². The van der Waals surface area contributed by atoms with Crippen LogP contribution in [0, 0.1) is 27.7 Å². The van der Waals surface area contributed by atoms with Gasteiger partial charge >= 0.3 is 0 Å². The largest absolute Gasteiger partial charge is 0.360 e. The Kier molecular flexibility index (Phi) is 5.84. The molecule has 0 aliphatic heterocycles. The lowest BCUT2D eigenvalue weighted by atomic mass is 9.99. The summed E-state index contributed by atoms with van der Waals surface area (Å²) in [6, 6.07) is 20.4. The summed E-state index contributed by atoms with van der Waals surface area (Å²) in [4.78, 5) is 16.5. The van der Waals surface area contributed by atoms with E-state index in [1.807, 2.05) is 56.4 Å². The molecular formula is C28H26N4OS. The molecule has 0 amide bonds. The summed E-state index contributed by atoms with van der Waals surface area (Å²) in [5.74, 6) is 1.14. The number of para-hydroxylation sites is 2. The Labute approximate surface area is 203 Å². The van der Waals surface area contributed by atoms with Crippen LogP contribution >= 0.6 is 11.8 Å². The molecular weight excluding hydrogens is 440 g/mol. The summed E-state index contributed by atoms with van der Waals surface area (Å²) in [5, 5.41) is 10.9. The normalized spacial score (nSPS) is 11.3. The Morgan fingerprint density at radius 1 is 0.882 bits per heavy atom. The molecule has 34 heavy (non-hydrogen) atoms. The maximum atomic E-state index is 13.1. The molecule has 2 aromatic heterocycles. The number of hydrogen-bond acceptors (Lipinski definition) is 4. The molecule has 2 heterocycles. The van der Waals surface area contributed by atoms with Crippen molar-refractivity contribution in [2.24, 2.45) is 0 Å². The van der Waals surface area contributed by atoms with Crippen molar-refractivity contribution >= 4 is 28.4 Å². The lowest BCUT2D eigenvalue weighted by Crippen LogP contribution is -2.08. The number of rotatable bonds is 6. The molecule has 0 spiro atoms. The number of Topliss-reactive ketones (excluding diaryl/α,β-unsaturated/α-hetero) is 1. The third-order valence-corrected chi connectivity index (χ3v) is 7.22. The number of fused-ring (bicyclic) bond motifs is 1. The summed E-state index contributed by atoms with van der Waals surface area (Å²) in [6.07, 6.45) is 1.97. The first kappa shape index (κ1) is 22.2. The number of H-pyrrole nitrogens is 1. The number of aromatic amines is 1. The zero-order valence-corrected chi connectivity index (χ0v) is 20.5. The topological polar surface area (TPSA) is 63.6 Å². The van der Waals surface area contributed by atoms with Crippen molar-refractivity contribution < 1.29 is 4.79 Å². The zero-order valence-electron chi connectivity index (χ0n) is 19.7. The summed E-state index contributed by atoms with van der Waals surface area (Å²) >= 11 is 1.43. The molecule has 170 valence electrons. The molecule has 5 rings (SSSR count). The highest BCUT2D eigenvalue weighted by molar-refractivity contribution is 7.99. The van der Waals surface area contributed by atoms with Gasteiger partial charge in [0.25, 0.3) is 0 Å². The van der Waals surface area contributed by atoms with Crippen molar-refractivity contribution in [2.75, 3.05) is 5.75 Å². The number of thioether (sulfide) groups is 1. The fourth-order valence-electron chi connectivity index (χ4n) is 4.29. The van der Waals surface area contributed by atoms with Crippen LogP contribution in [0.5, 0.6) is 0 Å². The van der Waals surface area contributed by atoms with Gasteiger partial charge in [0.05, 0.1) is 11.4 Å². The maximum absolute atomic E-state index is 13.1. The molecule has 3 aromatic carbocycles. The van der Waals surface area contributed by atoms with Gasteiger partial charge in [-0.1, -0.05) is 54.2 Å². The van der Waals surface area contributed by atoms with Gasteiger partial charge < -0.3 is 4.98 Å². The molecule has 5 aromatic rings. The maximum Gasteiger partial charge on any atom is 0.196 e. The molecule has 0 radical (unpaired) electrons. The monoisotopic (exact) mass is 466 g/mol. The second-order valence-corrected chi connectivity index (χ2v) is 9.58. The number of benzene rings is 3. The van der Waals surface area contributed by atoms with Gasteiger partial charge in [-0.05, 0) is 68.1 Å². The lowest BCUT2D eigenvalue weighted by Gasteiger charge is -2.13. The second-order valence-electron chi connectivity index (χ2n) is 8.64. The summed E-state index contributed by atoms with van der Waals surface area (Å²) in [6.45, 7) is 8.19. The Hall–Kier alpha value is -3.64. The van der Waals surface area contributed by atoms with Crippen molar-refractivity contribution in [3.8, 4) is 17.1 Å². The van der Waals surface area contributed by atoms with Gasteiger partial charge in [-0.2, -0.15) is 0 Å². The number of aromatic nitrogens is 4. The molecule has 0 aliphatic carbocycles. The van der Waals surface area contributed by atoms with E-state index in [1.165, 1.54) is 17.3 Å². The van der Waals surface area contributed by atoms with Gasteiger partial charge in [-0.3, -0.25) is 9.36 Å². The van der Waals surface area contributed by atoms with Crippen LogP contribution in [0.15, 0.2) is 72.0 Å². The quantitative estimate of drug-likeness (QED) is 0.225. The first-order chi connectivity index (χ1) is 16.4. The molecule has 0 saturated carbocycles. The fourth-order valence-corrected chi connectivity index (χ4v) is 5.12. The molecule has 1 N–H and O–H groups in total. The summed E-state index contributed by atoms with van der Waals surface area (Å²) < 4.78 is 2.07. The van der Waals surface area contributed by atoms with Crippen molar-refractivity contribution in [1.29, 1.82) is 0 Å². The molecule has 0 aliphatic rings. The molecule has 0 fully saturated rings. The average Bonchev–Trinajstić information content (AvgIpc) is 3.44. The van der Waals surface area contributed by atoms with Gasteiger partial charge in [-0.25, -0.2) is 0 Å². The van der Waals surface area contributed by atoms with E-state index in [0.29, 0.717) is 10.9 Å². The van der Waals surface area contributed by atoms with Gasteiger partial charge in [-0.15, -0.1) is 10.2 Å².